The minimum atomic E-state index is -0.994. The number of H-pyrrole nitrogens is 1. The van der Waals surface area contributed by atoms with Gasteiger partial charge in [0.2, 0.25) is 0 Å². The molecule has 2 atom stereocenters. The number of nitrogens with one attached hydrogen (secondary N) is 2. The number of hydrogen-bond acceptors (Lipinski definition) is 15. The maximum Gasteiger partial charge on any atom is 0.508 e. The number of nitrogens with two attached hydrogens (primary N) is 1. The van der Waals surface area contributed by atoms with Crippen molar-refractivity contribution >= 4 is 69.6 Å². The number of nitrogen functional groups attached to an aromatic ring is 1. The van der Waals surface area contributed by atoms with Crippen molar-refractivity contribution in [2.45, 2.75) is 55.4 Å². The summed E-state index contributed by atoms with van der Waals surface area (Å²) in [7, 11) is 0. The predicted molar refractivity (Wildman–Crippen MR) is 157 cm³/mol. The van der Waals surface area contributed by atoms with E-state index in [1.54, 1.807) is 12.4 Å². The highest BCUT2D eigenvalue weighted by Gasteiger charge is 2.55. The van der Waals surface area contributed by atoms with E-state index in [0.29, 0.717) is 16.4 Å². The molecule has 0 radical (unpaired) electrons. The van der Waals surface area contributed by atoms with E-state index in [-0.39, 0.29) is 35.8 Å². The molecule has 3 aliphatic rings. The Morgan fingerprint density at radius 2 is 2.02 bits per heavy atom. The summed E-state index contributed by atoms with van der Waals surface area (Å²) < 4.78 is 15.8. The van der Waals surface area contributed by atoms with Gasteiger partial charge < -0.3 is 30.5 Å². The van der Waals surface area contributed by atoms with E-state index in [1.807, 2.05) is 0 Å². The van der Waals surface area contributed by atoms with E-state index in [9.17, 15) is 24.4 Å². The highest BCUT2D eigenvalue weighted by Crippen LogP contribution is 2.44. The second-order valence-corrected chi connectivity index (χ2v) is 12.7. The number of fused-ring (bicyclic) bond motifs is 1. The van der Waals surface area contributed by atoms with Crippen LogP contribution < -0.4 is 11.1 Å². The molecule has 2 fully saturated rings. The van der Waals surface area contributed by atoms with Crippen LogP contribution in [0, 0.1) is 0 Å². The summed E-state index contributed by atoms with van der Waals surface area (Å²) in [5, 5.41) is 22.7. The van der Waals surface area contributed by atoms with Crippen LogP contribution in [0.3, 0.4) is 0 Å². The predicted octanol–water partition coefficient (Wildman–Crippen LogP) is 2.20. The topological polar surface area (TPSA) is 211 Å². The van der Waals surface area contributed by atoms with Gasteiger partial charge in [0.25, 0.3) is 11.8 Å². The third-order valence-electron chi connectivity index (χ3n) is 6.81. The van der Waals surface area contributed by atoms with Gasteiger partial charge in [-0.25, -0.2) is 14.6 Å². The first-order valence-corrected chi connectivity index (χ1v) is 16.3. The van der Waals surface area contributed by atoms with E-state index in [0.717, 1.165) is 49.0 Å². The van der Waals surface area contributed by atoms with E-state index in [1.165, 1.54) is 33.8 Å². The Kier molecular flexibility index (Phi) is 10.1. The lowest BCUT2D eigenvalue weighted by molar-refractivity contribution is -0.153. The summed E-state index contributed by atoms with van der Waals surface area (Å²) in [6.45, 7) is -0.452. The minimum Gasteiger partial charge on any atom is -0.457 e. The second kappa shape index (κ2) is 14.1. The van der Waals surface area contributed by atoms with Crippen LogP contribution in [-0.2, 0) is 34.3 Å². The van der Waals surface area contributed by atoms with Crippen molar-refractivity contribution in [3.05, 3.63) is 39.6 Å². The fourth-order valence-electron chi connectivity index (χ4n) is 4.72. The number of β-lactam (4-membered cyclic amide) rings is 1. The number of anilines is 1. The Labute approximate surface area is 257 Å². The van der Waals surface area contributed by atoms with Crippen LogP contribution in [0.4, 0.5) is 9.93 Å². The van der Waals surface area contributed by atoms with Gasteiger partial charge in [-0.2, -0.15) is 5.10 Å². The lowest BCUT2D eigenvalue weighted by atomic mass is 9.98. The number of oxime groups is 1. The number of esters is 1. The number of thiazole rings is 1. The molecular formula is C25H29N7O8S3. The van der Waals surface area contributed by atoms with E-state index < -0.39 is 41.1 Å². The number of amides is 2. The van der Waals surface area contributed by atoms with Gasteiger partial charge in [-0.15, -0.1) is 34.9 Å². The molecule has 4 heterocycles. The quantitative estimate of drug-likeness (QED) is 0.0686. The van der Waals surface area contributed by atoms with Crippen molar-refractivity contribution in [1.82, 2.24) is 25.4 Å². The van der Waals surface area contributed by atoms with Crippen molar-refractivity contribution < 1.29 is 38.6 Å². The third-order valence-corrected chi connectivity index (χ3v) is 10.1. The first kappa shape index (κ1) is 30.7. The molecule has 0 aromatic carbocycles. The molecule has 5 rings (SSSR count). The average molecular weight is 652 g/mol. The minimum absolute atomic E-state index is 0.0563. The van der Waals surface area contributed by atoms with Crippen LogP contribution in [0.1, 0.15) is 43.4 Å². The number of rotatable bonds is 11. The van der Waals surface area contributed by atoms with E-state index in [2.05, 4.69) is 25.7 Å². The van der Waals surface area contributed by atoms with Crippen molar-refractivity contribution in [1.29, 1.82) is 0 Å². The largest absolute Gasteiger partial charge is 0.508 e. The molecule has 0 unspecified atom stereocenters. The maximum absolute atomic E-state index is 13.3. The Hall–Kier alpha value is -3.77. The summed E-state index contributed by atoms with van der Waals surface area (Å²) in [5.74, 6) is -1.28. The number of ether oxygens (including phenoxy) is 3. The number of carbonyl (C=O) groups is 4. The first-order valence-electron chi connectivity index (χ1n) is 13.4. The van der Waals surface area contributed by atoms with Crippen LogP contribution in [0.15, 0.2) is 33.5 Å². The van der Waals surface area contributed by atoms with E-state index in [4.69, 9.17) is 19.9 Å². The summed E-state index contributed by atoms with van der Waals surface area (Å²) in [5.41, 5.74) is 6.23. The van der Waals surface area contributed by atoms with Gasteiger partial charge in [0.1, 0.15) is 42.1 Å². The molecule has 1 saturated carbocycles. The standard InChI is InChI=1S/C25H29N7O8S3/c26-24-29-15(11-43-24)17(31-37)20(33)30-18-21(34)32-19(16(12-42-22(18)32)41-10-13-8-27-28-9-13)23(35)38-6-7-39-25(36)40-14-4-2-1-3-5-14/h8-9,11,14,18,22,37H,1-7,10,12H2,(H2,26,29)(H,27,28)(H,30,33)/b31-17+/t18-,22-/m1/s1. The molecule has 43 heavy (non-hydrogen) atoms. The number of hydrogen-bond donors (Lipinski definition) is 4. The highest BCUT2D eigenvalue weighted by molar-refractivity contribution is 8.05. The van der Waals surface area contributed by atoms with Gasteiger partial charge in [0.15, 0.2) is 10.8 Å². The van der Waals surface area contributed by atoms with Gasteiger partial charge in [-0.1, -0.05) is 11.6 Å². The molecule has 0 spiro atoms. The Morgan fingerprint density at radius 3 is 2.72 bits per heavy atom. The molecule has 5 N–H and O–H groups in total. The molecule has 1 aliphatic carbocycles. The number of aromatic amines is 1. The number of nitrogens with zero attached hydrogens (tertiary/aromatic N) is 4. The van der Waals surface area contributed by atoms with Crippen molar-refractivity contribution in [3.8, 4) is 0 Å². The van der Waals surface area contributed by atoms with Crippen molar-refractivity contribution in [2.75, 3.05) is 24.7 Å². The smallest absolute Gasteiger partial charge is 0.457 e. The molecular weight excluding hydrogens is 623 g/mol. The zero-order valence-corrected chi connectivity index (χ0v) is 25.2. The molecule has 15 nitrogen and oxygen atoms in total. The monoisotopic (exact) mass is 651 g/mol. The zero-order chi connectivity index (χ0) is 30.3. The average Bonchev–Trinajstić information content (AvgIpc) is 3.69. The lowest BCUT2D eigenvalue weighted by Crippen LogP contribution is -2.71. The lowest BCUT2D eigenvalue weighted by Gasteiger charge is -2.49. The van der Waals surface area contributed by atoms with Gasteiger partial charge >= 0.3 is 12.1 Å². The van der Waals surface area contributed by atoms with E-state index >= 15 is 0 Å². The maximum atomic E-state index is 13.3. The van der Waals surface area contributed by atoms with Crippen LogP contribution >= 0.6 is 34.9 Å². The first-order chi connectivity index (χ1) is 20.9. The van der Waals surface area contributed by atoms with Crippen LogP contribution in [0.5, 0.6) is 0 Å². The van der Waals surface area contributed by atoms with Gasteiger partial charge in [-0.3, -0.25) is 19.6 Å². The summed E-state index contributed by atoms with van der Waals surface area (Å²) in [4.78, 5) is 57.3. The number of thioether (sulfide) groups is 2. The third kappa shape index (κ3) is 7.24. The van der Waals surface area contributed by atoms with Crippen molar-refractivity contribution in [3.63, 3.8) is 0 Å². The number of carbonyl (C=O) groups excluding carboxylic acids is 4. The van der Waals surface area contributed by atoms with Gasteiger partial charge in [0, 0.05) is 33.6 Å². The molecule has 1 saturated heterocycles. The SMILES string of the molecule is Nc1nc(/C(=N\O)C(=O)N[C@@H]2C(=O)N3C(C(=O)OCCOC(=O)OC4CCCCC4)=C(SCc4cn[nH]c4)CS[C@H]23)cs1. The molecule has 2 aliphatic heterocycles. The molecule has 2 aromatic rings. The summed E-state index contributed by atoms with van der Waals surface area (Å²) in [6, 6.07) is -0.994. The van der Waals surface area contributed by atoms with Crippen LogP contribution in [0.25, 0.3) is 0 Å². The Bertz CT molecular complexity index is 1410. The Morgan fingerprint density at radius 1 is 1.23 bits per heavy atom. The second-order valence-electron chi connectivity index (χ2n) is 9.66. The molecule has 0 bridgehead atoms. The van der Waals surface area contributed by atoms with Gasteiger partial charge in [-0.05, 0) is 25.7 Å². The summed E-state index contributed by atoms with van der Waals surface area (Å²) in [6.07, 6.45) is 7.14. The van der Waals surface area contributed by atoms with Crippen molar-refractivity contribution in [2.24, 2.45) is 5.16 Å². The van der Waals surface area contributed by atoms with Crippen LogP contribution in [0.2, 0.25) is 0 Å². The fraction of sp³-hybridized carbons (Fsp3) is 0.480. The fourth-order valence-corrected chi connectivity index (χ4v) is 7.81. The molecule has 230 valence electrons. The zero-order valence-electron chi connectivity index (χ0n) is 22.7. The van der Waals surface area contributed by atoms with Crippen LogP contribution in [-0.4, -0.2) is 91.4 Å². The molecule has 2 amide bonds. The Balaban J connectivity index is 1.22. The molecule has 18 heteroatoms. The summed E-state index contributed by atoms with van der Waals surface area (Å²) >= 11 is 3.78. The normalized spacial score (nSPS) is 20.7. The van der Waals surface area contributed by atoms with Gasteiger partial charge in [0.05, 0.1) is 6.20 Å². The number of aromatic nitrogens is 3. The molecule has 2 aromatic heterocycles. The highest BCUT2D eigenvalue weighted by atomic mass is 32.2.